The number of likely N-dealkylation sites (tertiary alicyclic amines) is 2. The summed E-state index contributed by atoms with van der Waals surface area (Å²) in [6.45, 7) is 2.61. The third kappa shape index (κ3) is 7.80. The Morgan fingerprint density at radius 1 is 1.02 bits per heavy atom. The number of aromatic nitrogens is 1. The summed E-state index contributed by atoms with van der Waals surface area (Å²) in [5.41, 5.74) is 3.70. The number of carboxylic acid groups (broad SMARTS) is 1. The van der Waals surface area contributed by atoms with Gasteiger partial charge in [-0.15, -0.1) is 0 Å². The smallest absolute Gasteiger partial charge is 0.306 e. The van der Waals surface area contributed by atoms with E-state index in [9.17, 15) is 19.5 Å². The van der Waals surface area contributed by atoms with Gasteiger partial charge in [0.05, 0.1) is 34.7 Å². The van der Waals surface area contributed by atoms with E-state index in [1.807, 2.05) is 23.9 Å². The number of carbonyl (C=O) groups excluding carboxylic acids is 2. The van der Waals surface area contributed by atoms with Gasteiger partial charge in [0, 0.05) is 68.4 Å². The Balaban J connectivity index is 1.12. The van der Waals surface area contributed by atoms with E-state index in [1.54, 1.807) is 19.2 Å². The second-order valence-electron chi connectivity index (χ2n) is 14.2. The summed E-state index contributed by atoms with van der Waals surface area (Å²) < 4.78 is 7.59. The third-order valence-corrected chi connectivity index (χ3v) is 12.0. The molecule has 1 aromatic carbocycles. The van der Waals surface area contributed by atoms with Crippen LogP contribution in [0.15, 0.2) is 24.4 Å². The predicted octanol–water partition coefficient (Wildman–Crippen LogP) is 6.84. The number of halogens is 2. The molecule has 2 aliphatic heterocycles. The van der Waals surface area contributed by atoms with Crippen LogP contribution in [0, 0.1) is 11.8 Å². The van der Waals surface area contributed by atoms with Gasteiger partial charge in [0.2, 0.25) is 5.91 Å². The van der Waals surface area contributed by atoms with Crippen LogP contribution in [0.5, 0.6) is 0 Å². The molecule has 260 valence electrons. The Labute approximate surface area is 293 Å². The fraction of sp³-hybridized carbons (Fsp3) is 0.595. The molecule has 0 spiro atoms. The van der Waals surface area contributed by atoms with Crippen molar-refractivity contribution in [3.63, 3.8) is 0 Å². The highest BCUT2D eigenvalue weighted by Crippen LogP contribution is 2.36. The van der Waals surface area contributed by atoms with Gasteiger partial charge in [-0.2, -0.15) is 0 Å². The van der Waals surface area contributed by atoms with E-state index < -0.39 is 5.97 Å². The van der Waals surface area contributed by atoms with Crippen LogP contribution in [0.4, 0.5) is 5.69 Å². The number of hydrogen-bond acceptors (Lipinski definition) is 5. The van der Waals surface area contributed by atoms with Crippen molar-refractivity contribution in [3.8, 4) is 0 Å². The molecule has 2 N–H and O–H groups in total. The predicted molar refractivity (Wildman–Crippen MR) is 189 cm³/mol. The summed E-state index contributed by atoms with van der Waals surface area (Å²) >= 11 is 13.5. The van der Waals surface area contributed by atoms with Gasteiger partial charge in [0.25, 0.3) is 5.91 Å². The zero-order valence-electron chi connectivity index (χ0n) is 28.1. The molecule has 2 saturated heterocycles. The monoisotopic (exact) mass is 698 g/mol. The second kappa shape index (κ2) is 15.4. The van der Waals surface area contributed by atoms with Gasteiger partial charge in [0.1, 0.15) is 0 Å². The number of allylic oxidation sites excluding steroid dienone is 1. The number of anilines is 1. The molecule has 11 heteroatoms. The highest BCUT2D eigenvalue weighted by Gasteiger charge is 2.39. The number of aryl methyl sites for hydroxylation is 1. The first-order valence-corrected chi connectivity index (χ1v) is 18.3. The Morgan fingerprint density at radius 3 is 2.48 bits per heavy atom. The second-order valence-corrected chi connectivity index (χ2v) is 15.0. The molecular formula is C37H48Cl2N4O5. The number of aliphatic carboxylic acids is 1. The lowest BCUT2D eigenvalue weighted by Crippen LogP contribution is -2.45. The van der Waals surface area contributed by atoms with Crippen LogP contribution in [0.1, 0.15) is 91.4 Å². The van der Waals surface area contributed by atoms with Crippen LogP contribution in [0.25, 0.3) is 6.08 Å². The minimum Gasteiger partial charge on any atom is -0.481 e. The molecule has 2 aliphatic carbocycles. The Hall–Kier alpha value is -2.85. The molecule has 2 aromatic rings. The molecule has 9 nitrogen and oxygen atoms in total. The molecule has 0 unspecified atom stereocenters. The summed E-state index contributed by atoms with van der Waals surface area (Å²) in [6.07, 6.45) is 16.4. The number of methoxy groups -OCH3 is 1. The Kier molecular flexibility index (Phi) is 11.2. The van der Waals surface area contributed by atoms with Crippen molar-refractivity contribution in [2.24, 2.45) is 18.9 Å². The minimum atomic E-state index is -0.678. The molecule has 48 heavy (non-hydrogen) atoms. The average molecular weight is 700 g/mol. The quantitative estimate of drug-likeness (QED) is 0.282. The van der Waals surface area contributed by atoms with Crippen molar-refractivity contribution in [2.75, 3.05) is 32.1 Å². The van der Waals surface area contributed by atoms with Crippen LogP contribution in [0.2, 0.25) is 10.0 Å². The van der Waals surface area contributed by atoms with Gasteiger partial charge < -0.3 is 24.6 Å². The fourth-order valence-corrected chi connectivity index (χ4v) is 8.86. The van der Waals surface area contributed by atoms with Crippen molar-refractivity contribution in [1.29, 1.82) is 0 Å². The average Bonchev–Trinajstić information content (AvgIpc) is 3.67. The van der Waals surface area contributed by atoms with Crippen LogP contribution >= 0.6 is 23.2 Å². The van der Waals surface area contributed by atoms with Crippen LogP contribution in [0.3, 0.4) is 0 Å². The number of rotatable bonds is 10. The summed E-state index contributed by atoms with van der Waals surface area (Å²) in [7, 11) is 3.73. The van der Waals surface area contributed by atoms with Crippen molar-refractivity contribution in [1.82, 2.24) is 14.4 Å². The lowest BCUT2D eigenvalue weighted by molar-refractivity contribution is -0.143. The largest absolute Gasteiger partial charge is 0.481 e. The highest BCUT2D eigenvalue weighted by atomic mass is 35.5. The zero-order chi connectivity index (χ0) is 33.9. The highest BCUT2D eigenvalue weighted by molar-refractivity contribution is 6.36. The number of carbonyl (C=O) groups is 3. The molecule has 4 aliphatic rings. The molecule has 0 bridgehead atoms. The van der Waals surface area contributed by atoms with Crippen molar-refractivity contribution in [3.05, 3.63) is 56.8 Å². The van der Waals surface area contributed by atoms with Crippen molar-refractivity contribution >= 4 is 52.7 Å². The summed E-state index contributed by atoms with van der Waals surface area (Å²) in [5.74, 6) is -0.620. The lowest BCUT2D eigenvalue weighted by atomic mass is 9.79. The Bertz CT molecular complexity index is 1540. The number of benzene rings is 1. The first-order chi connectivity index (χ1) is 23.1. The number of nitrogens with zero attached hydrogens (tertiary/aromatic N) is 3. The molecule has 3 heterocycles. The fourth-order valence-electron chi connectivity index (χ4n) is 8.40. The maximum Gasteiger partial charge on any atom is 0.306 e. The number of fused-ring (bicyclic) bond motifs is 1. The normalized spacial score (nSPS) is 24.9. The van der Waals surface area contributed by atoms with Gasteiger partial charge in [-0.05, 0) is 94.2 Å². The SMILES string of the molecule is COC1CCN([C@H]2C[C@@H](CCC3CCC(C(=O)O)CC3)N(C(=O)Cc3cc(Cl)c(NC(=O)c4cn(C)c5c4C=CCC5)cc3Cl)C2)CC1. The molecule has 2 atom stereocenters. The van der Waals surface area contributed by atoms with E-state index in [2.05, 4.69) is 21.2 Å². The van der Waals surface area contributed by atoms with Crippen molar-refractivity contribution < 1.29 is 24.2 Å². The number of amides is 2. The maximum atomic E-state index is 14.0. The number of piperidine rings is 1. The summed E-state index contributed by atoms with van der Waals surface area (Å²) in [6, 6.07) is 3.78. The van der Waals surface area contributed by atoms with Gasteiger partial charge in [-0.25, -0.2) is 0 Å². The summed E-state index contributed by atoms with van der Waals surface area (Å²) in [4.78, 5) is 43.3. The van der Waals surface area contributed by atoms with E-state index in [1.165, 1.54) is 0 Å². The molecule has 1 saturated carbocycles. The summed E-state index contributed by atoms with van der Waals surface area (Å²) in [5, 5.41) is 13.1. The first-order valence-electron chi connectivity index (χ1n) is 17.5. The zero-order valence-corrected chi connectivity index (χ0v) is 29.6. The van der Waals surface area contributed by atoms with Crippen LogP contribution < -0.4 is 5.32 Å². The van der Waals surface area contributed by atoms with Gasteiger partial charge in [0.15, 0.2) is 0 Å². The molecule has 6 rings (SSSR count). The van der Waals surface area contributed by atoms with Crippen LogP contribution in [-0.4, -0.2) is 82.2 Å². The minimum absolute atomic E-state index is 0.0290. The molecular weight excluding hydrogens is 651 g/mol. The third-order valence-electron chi connectivity index (χ3n) is 11.3. The molecule has 0 radical (unpaired) electrons. The van der Waals surface area contributed by atoms with Gasteiger partial charge >= 0.3 is 5.97 Å². The number of ether oxygens (including phenoxy) is 1. The molecule has 3 fully saturated rings. The van der Waals surface area contributed by atoms with E-state index in [-0.39, 0.29) is 30.2 Å². The standard InChI is InChI=1S/C37H48Cl2N4O5/c1-41-22-30(29-5-3-4-6-34(29)41)36(45)40-33-20-31(38)25(17-32(33)39)18-35(44)43-21-27(42-15-13-28(48-2)14-16-42)19-26(43)12-9-23-7-10-24(11-8-23)37(46)47/h3,5,17,20,22-24,26-28H,4,6-16,18-19,21H2,1-2H3,(H,40,45)(H,46,47)/t23?,24?,26-,27+/m1/s1. The van der Waals surface area contributed by atoms with Gasteiger partial charge in [-0.3, -0.25) is 19.3 Å². The number of nitrogens with one attached hydrogen (secondary N) is 1. The van der Waals surface area contributed by atoms with E-state index in [4.69, 9.17) is 27.9 Å². The maximum absolute atomic E-state index is 14.0. The van der Waals surface area contributed by atoms with Crippen LogP contribution in [-0.2, 0) is 34.2 Å². The van der Waals surface area contributed by atoms with E-state index in [0.29, 0.717) is 51.5 Å². The van der Waals surface area contributed by atoms with E-state index in [0.717, 1.165) is 95.0 Å². The number of hydrogen-bond donors (Lipinski definition) is 2. The van der Waals surface area contributed by atoms with Crippen molar-refractivity contribution in [2.45, 2.75) is 95.2 Å². The van der Waals surface area contributed by atoms with E-state index >= 15 is 0 Å². The Morgan fingerprint density at radius 2 is 1.77 bits per heavy atom. The molecule has 2 amide bonds. The molecule has 1 aromatic heterocycles. The topological polar surface area (TPSA) is 104 Å². The first kappa shape index (κ1) is 35.0. The lowest BCUT2D eigenvalue weighted by Gasteiger charge is -2.35. The number of carboxylic acids is 1. The van der Waals surface area contributed by atoms with Gasteiger partial charge in [-0.1, -0.05) is 35.4 Å².